The number of nitrogens with zero attached hydrogens (tertiary/aromatic N) is 1. The third-order valence-electron chi connectivity index (χ3n) is 7.15. The highest BCUT2D eigenvalue weighted by atomic mass is 16.6. The lowest BCUT2D eigenvalue weighted by molar-refractivity contribution is -0.146. The third kappa shape index (κ3) is 5.66. The summed E-state index contributed by atoms with van der Waals surface area (Å²) in [5.41, 5.74) is 5.91. The number of allylic oxidation sites excluding steroid dienone is 1. The van der Waals surface area contributed by atoms with Gasteiger partial charge in [0.1, 0.15) is 11.6 Å². The van der Waals surface area contributed by atoms with Crippen LogP contribution in [-0.2, 0) is 19.1 Å². The van der Waals surface area contributed by atoms with E-state index in [0.29, 0.717) is 44.3 Å². The van der Waals surface area contributed by atoms with Crippen LogP contribution in [-0.4, -0.2) is 52.9 Å². The summed E-state index contributed by atoms with van der Waals surface area (Å²) in [6.45, 7) is 2.36. The number of ether oxygens (including phenoxy) is 1. The fourth-order valence-corrected chi connectivity index (χ4v) is 5.05. The van der Waals surface area contributed by atoms with E-state index < -0.39 is 29.7 Å². The van der Waals surface area contributed by atoms with Gasteiger partial charge in [-0.1, -0.05) is 36.3 Å². The lowest BCUT2D eigenvalue weighted by Crippen LogP contribution is -2.55. The van der Waals surface area contributed by atoms with Crippen molar-refractivity contribution >= 4 is 29.5 Å². The molecule has 2 heterocycles. The van der Waals surface area contributed by atoms with E-state index in [0.717, 1.165) is 24.8 Å². The molecule has 2 aliphatic heterocycles. The fourth-order valence-electron chi connectivity index (χ4n) is 5.05. The molecule has 1 saturated carbocycles. The highest BCUT2D eigenvalue weighted by Crippen LogP contribution is 2.46. The Labute approximate surface area is 205 Å². The number of carbonyl (C=O) groups excluding carboxylic acids is 4. The average Bonchev–Trinajstić information content (AvgIpc) is 3.28. The van der Waals surface area contributed by atoms with Crippen LogP contribution >= 0.6 is 0 Å². The van der Waals surface area contributed by atoms with Crippen molar-refractivity contribution < 1.29 is 23.9 Å². The Morgan fingerprint density at radius 3 is 2.63 bits per heavy atom. The van der Waals surface area contributed by atoms with Crippen molar-refractivity contribution in [2.45, 2.75) is 76.0 Å². The van der Waals surface area contributed by atoms with Gasteiger partial charge in [-0.25, -0.2) is 4.79 Å². The number of hydrogen-bond donors (Lipinski definition) is 3. The van der Waals surface area contributed by atoms with E-state index >= 15 is 0 Å². The molecule has 188 valence electrons. The normalized spacial score (nSPS) is 30.1. The van der Waals surface area contributed by atoms with Gasteiger partial charge < -0.3 is 26.0 Å². The first-order chi connectivity index (χ1) is 16.8. The number of primary amides is 1. The first kappa shape index (κ1) is 24.8. The number of nitrogens with two attached hydrogens (primary N) is 1. The minimum atomic E-state index is -1.06. The van der Waals surface area contributed by atoms with Gasteiger partial charge in [-0.2, -0.15) is 0 Å². The first-order valence-corrected chi connectivity index (χ1v) is 12.4. The minimum absolute atomic E-state index is 0.112. The zero-order chi connectivity index (χ0) is 25.0. The van der Waals surface area contributed by atoms with Gasteiger partial charge in [0.05, 0.1) is 0 Å². The smallest absolute Gasteiger partial charge is 0.405 e. The molecule has 1 aromatic rings. The molecule has 4 unspecified atom stereocenters. The van der Waals surface area contributed by atoms with Gasteiger partial charge in [0.25, 0.3) is 11.8 Å². The topological polar surface area (TPSA) is 131 Å². The summed E-state index contributed by atoms with van der Waals surface area (Å²) < 4.78 is 5.13. The quantitative estimate of drug-likeness (QED) is 0.570. The van der Waals surface area contributed by atoms with Crippen LogP contribution < -0.4 is 16.4 Å². The van der Waals surface area contributed by atoms with E-state index in [-0.39, 0.29) is 17.7 Å². The van der Waals surface area contributed by atoms with Gasteiger partial charge in [0.2, 0.25) is 5.91 Å². The monoisotopic (exact) mass is 482 g/mol. The van der Waals surface area contributed by atoms with E-state index in [1.54, 1.807) is 0 Å². The van der Waals surface area contributed by atoms with Gasteiger partial charge in [0.15, 0.2) is 6.10 Å². The molecule has 1 aromatic carbocycles. The van der Waals surface area contributed by atoms with E-state index in [2.05, 4.69) is 16.7 Å². The number of anilines is 1. The van der Waals surface area contributed by atoms with Crippen molar-refractivity contribution in [2.75, 3.05) is 11.9 Å². The number of amides is 4. The second-order valence-corrected chi connectivity index (χ2v) is 9.77. The van der Waals surface area contributed by atoms with Gasteiger partial charge in [-0.15, -0.1) is 0 Å². The van der Waals surface area contributed by atoms with E-state index in [1.807, 2.05) is 37.3 Å². The van der Waals surface area contributed by atoms with E-state index in [9.17, 15) is 19.2 Å². The molecular weight excluding hydrogens is 448 g/mol. The predicted molar refractivity (Wildman–Crippen MR) is 130 cm³/mol. The average molecular weight is 483 g/mol. The maximum Gasteiger partial charge on any atom is 0.405 e. The number of fused-ring (bicyclic) bond motifs is 2. The van der Waals surface area contributed by atoms with Gasteiger partial charge >= 0.3 is 6.09 Å². The first-order valence-electron chi connectivity index (χ1n) is 12.4. The van der Waals surface area contributed by atoms with Crippen molar-refractivity contribution in [1.29, 1.82) is 0 Å². The molecule has 3 aliphatic rings. The van der Waals surface area contributed by atoms with Crippen molar-refractivity contribution in [3.05, 3.63) is 42.0 Å². The predicted octanol–water partition coefficient (Wildman–Crippen LogP) is 2.78. The number of rotatable bonds is 3. The third-order valence-corrected chi connectivity index (χ3v) is 7.15. The van der Waals surface area contributed by atoms with Crippen LogP contribution in [0.5, 0.6) is 0 Å². The number of carbonyl (C=O) groups is 4. The van der Waals surface area contributed by atoms with Gasteiger partial charge in [-0.05, 0) is 64.0 Å². The number of nitrogens with one attached hydrogen (secondary N) is 2. The summed E-state index contributed by atoms with van der Waals surface area (Å²) in [6.07, 6.45) is 7.36. The van der Waals surface area contributed by atoms with Crippen molar-refractivity contribution in [2.24, 2.45) is 11.7 Å². The van der Waals surface area contributed by atoms with Gasteiger partial charge in [0, 0.05) is 18.2 Å². The van der Waals surface area contributed by atoms with Crippen LogP contribution in [0.3, 0.4) is 0 Å². The Morgan fingerprint density at radius 2 is 1.89 bits per heavy atom. The van der Waals surface area contributed by atoms with Crippen LogP contribution in [0.2, 0.25) is 0 Å². The van der Waals surface area contributed by atoms with Crippen molar-refractivity contribution in [1.82, 2.24) is 10.2 Å². The van der Waals surface area contributed by atoms with E-state index in [1.165, 1.54) is 4.90 Å². The SMILES string of the molecule is Cc1ccc(NC(=O)C23CC2/C=C/CCCCCC(OC(N)=O)C(=O)N2CCCC2C(=O)N3)cc1. The number of benzene rings is 1. The highest BCUT2D eigenvalue weighted by molar-refractivity contribution is 6.04. The molecular formula is C26H34N4O5. The molecule has 4 N–H and O–H groups in total. The molecule has 9 heteroatoms. The zero-order valence-corrected chi connectivity index (χ0v) is 20.1. The van der Waals surface area contributed by atoms with Crippen LogP contribution in [0, 0.1) is 12.8 Å². The van der Waals surface area contributed by atoms with Crippen LogP contribution in [0.1, 0.15) is 56.9 Å². The zero-order valence-electron chi connectivity index (χ0n) is 20.1. The Balaban J connectivity index is 1.56. The molecule has 0 bridgehead atoms. The number of hydrogen-bond acceptors (Lipinski definition) is 5. The molecule has 2 fully saturated rings. The highest BCUT2D eigenvalue weighted by Gasteiger charge is 2.60. The molecule has 0 radical (unpaired) electrons. The molecule has 0 spiro atoms. The maximum atomic E-state index is 13.4. The van der Waals surface area contributed by atoms with Crippen LogP contribution in [0.25, 0.3) is 0 Å². The molecule has 1 aliphatic carbocycles. The fraction of sp³-hybridized carbons (Fsp3) is 0.538. The Morgan fingerprint density at radius 1 is 1.11 bits per heavy atom. The molecule has 4 amide bonds. The summed E-state index contributed by atoms with van der Waals surface area (Å²) in [5, 5.41) is 5.93. The second kappa shape index (κ2) is 10.5. The second-order valence-electron chi connectivity index (χ2n) is 9.77. The lowest BCUT2D eigenvalue weighted by atomic mass is 10.1. The molecule has 4 rings (SSSR count). The maximum absolute atomic E-state index is 13.4. The van der Waals surface area contributed by atoms with Crippen LogP contribution in [0.4, 0.5) is 10.5 Å². The van der Waals surface area contributed by atoms with Crippen molar-refractivity contribution in [3.8, 4) is 0 Å². The summed E-state index contributed by atoms with van der Waals surface area (Å²) >= 11 is 0. The molecule has 9 nitrogen and oxygen atoms in total. The Bertz CT molecular complexity index is 1010. The molecule has 0 aromatic heterocycles. The Hall–Kier alpha value is -3.36. The number of aryl methyl sites for hydroxylation is 1. The standard InChI is InChI=1S/C26H34N4O5/c1-17-11-13-19(14-12-17)28-24(33)26-16-18(26)8-5-3-2-4-6-10-21(35-25(27)34)23(32)30-15-7-9-20(30)22(31)29-26/h5,8,11-14,18,20-21H,2-4,6-7,9-10,15-16H2,1H3,(H2,27,34)(H,28,33)(H,29,31)/b8-5+. The Kier molecular flexibility index (Phi) is 7.42. The summed E-state index contributed by atoms with van der Waals surface area (Å²) in [7, 11) is 0. The largest absolute Gasteiger partial charge is 0.436 e. The summed E-state index contributed by atoms with van der Waals surface area (Å²) in [6, 6.07) is 6.78. The minimum Gasteiger partial charge on any atom is -0.436 e. The summed E-state index contributed by atoms with van der Waals surface area (Å²) in [4.78, 5) is 52.9. The summed E-state index contributed by atoms with van der Waals surface area (Å²) in [5.74, 6) is -1.14. The molecule has 35 heavy (non-hydrogen) atoms. The lowest BCUT2D eigenvalue weighted by Gasteiger charge is -2.29. The molecule has 4 atom stereocenters. The van der Waals surface area contributed by atoms with E-state index in [4.69, 9.17) is 10.5 Å². The molecule has 1 saturated heterocycles. The van der Waals surface area contributed by atoms with Gasteiger partial charge in [-0.3, -0.25) is 14.4 Å². The van der Waals surface area contributed by atoms with Crippen molar-refractivity contribution in [3.63, 3.8) is 0 Å². The van der Waals surface area contributed by atoms with Crippen LogP contribution in [0.15, 0.2) is 36.4 Å².